The average molecular weight is 561 g/mol. The molecule has 0 aliphatic rings. The van der Waals surface area contributed by atoms with Crippen molar-refractivity contribution in [3.63, 3.8) is 0 Å². The van der Waals surface area contributed by atoms with Crippen LogP contribution in [-0.4, -0.2) is 65.1 Å². The zero-order valence-electron chi connectivity index (χ0n) is 22.9. The lowest BCUT2D eigenvalue weighted by molar-refractivity contribution is -0.118. The number of carbonyl (C=O) groups excluding carboxylic acids is 1. The van der Waals surface area contributed by atoms with Crippen molar-refractivity contribution in [2.75, 3.05) is 38.0 Å². The van der Waals surface area contributed by atoms with Crippen molar-refractivity contribution in [2.24, 2.45) is 5.10 Å². The molecule has 1 amide bonds. The Kier molecular flexibility index (Phi) is 9.63. The Morgan fingerprint density at radius 3 is 2.45 bits per heavy atom. The van der Waals surface area contributed by atoms with Gasteiger partial charge in [0.05, 0.1) is 26.2 Å². The minimum absolute atomic E-state index is 0.0567. The Morgan fingerprint density at radius 1 is 1.02 bits per heavy atom. The predicted molar refractivity (Wildman–Crippen MR) is 158 cm³/mol. The summed E-state index contributed by atoms with van der Waals surface area (Å²) in [5.74, 6) is 1.60. The fourth-order valence-corrected chi connectivity index (χ4v) is 4.84. The van der Waals surface area contributed by atoms with E-state index in [0.717, 1.165) is 30.0 Å². The molecule has 11 heteroatoms. The van der Waals surface area contributed by atoms with Crippen LogP contribution in [0.25, 0.3) is 17.1 Å². The second-order valence-corrected chi connectivity index (χ2v) is 9.49. The molecular weight excluding hydrogens is 528 g/mol. The SMILES string of the molecule is CCN(CC)c1ccc(/C=N/NC(=O)CSc2nnc(-c3ccc(OC)c(OC)c3)n2-c2ccccc2)c(O)c1. The highest BCUT2D eigenvalue weighted by Crippen LogP contribution is 2.34. The van der Waals surface area contributed by atoms with Gasteiger partial charge in [0.25, 0.3) is 5.91 Å². The summed E-state index contributed by atoms with van der Waals surface area (Å²) in [4.78, 5) is 14.7. The van der Waals surface area contributed by atoms with E-state index in [-0.39, 0.29) is 17.4 Å². The van der Waals surface area contributed by atoms with Gasteiger partial charge < -0.3 is 19.5 Å². The van der Waals surface area contributed by atoms with Crippen molar-refractivity contribution in [3.05, 3.63) is 72.3 Å². The Morgan fingerprint density at radius 2 is 1.77 bits per heavy atom. The van der Waals surface area contributed by atoms with E-state index in [9.17, 15) is 9.90 Å². The number of methoxy groups -OCH3 is 2. The number of hydrazone groups is 1. The largest absolute Gasteiger partial charge is 0.507 e. The van der Waals surface area contributed by atoms with Crippen LogP contribution < -0.4 is 19.8 Å². The summed E-state index contributed by atoms with van der Waals surface area (Å²) in [6, 6.07) is 20.6. The summed E-state index contributed by atoms with van der Waals surface area (Å²) in [6.07, 6.45) is 1.42. The van der Waals surface area contributed by atoms with E-state index in [4.69, 9.17) is 9.47 Å². The first-order valence-corrected chi connectivity index (χ1v) is 13.7. The van der Waals surface area contributed by atoms with E-state index >= 15 is 0 Å². The van der Waals surface area contributed by atoms with Gasteiger partial charge in [0.15, 0.2) is 22.5 Å². The average Bonchev–Trinajstić information content (AvgIpc) is 3.42. The second-order valence-electron chi connectivity index (χ2n) is 8.54. The number of aromatic hydroxyl groups is 1. The number of carbonyl (C=O) groups is 1. The summed E-state index contributed by atoms with van der Waals surface area (Å²) >= 11 is 1.24. The number of nitrogens with zero attached hydrogens (tertiary/aromatic N) is 5. The summed E-state index contributed by atoms with van der Waals surface area (Å²) in [5, 5.41) is 23.7. The molecule has 3 aromatic carbocycles. The van der Waals surface area contributed by atoms with Crippen molar-refractivity contribution in [1.29, 1.82) is 0 Å². The molecule has 0 saturated carbocycles. The Hall–Kier alpha value is -4.51. The van der Waals surface area contributed by atoms with Crippen LogP contribution in [0.5, 0.6) is 17.2 Å². The van der Waals surface area contributed by atoms with E-state index in [1.165, 1.54) is 18.0 Å². The topological polar surface area (TPSA) is 114 Å². The van der Waals surface area contributed by atoms with Gasteiger partial charge in [-0.25, -0.2) is 5.43 Å². The van der Waals surface area contributed by atoms with Crippen molar-refractivity contribution >= 4 is 29.6 Å². The van der Waals surface area contributed by atoms with Crippen LogP contribution in [0.4, 0.5) is 5.69 Å². The first kappa shape index (κ1) is 28.5. The molecule has 0 fully saturated rings. The molecule has 40 heavy (non-hydrogen) atoms. The number of phenolic OH excluding ortho intramolecular Hbond substituents is 1. The maximum atomic E-state index is 12.6. The summed E-state index contributed by atoms with van der Waals surface area (Å²) in [6.45, 7) is 5.79. The number of ether oxygens (including phenoxy) is 2. The number of para-hydroxylation sites is 1. The zero-order valence-corrected chi connectivity index (χ0v) is 23.7. The van der Waals surface area contributed by atoms with E-state index in [1.807, 2.05) is 59.2 Å². The van der Waals surface area contributed by atoms with Gasteiger partial charge in [-0.2, -0.15) is 5.10 Å². The van der Waals surface area contributed by atoms with E-state index in [1.54, 1.807) is 26.4 Å². The smallest absolute Gasteiger partial charge is 0.250 e. The number of thioether (sulfide) groups is 1. The first-order valence-electron chi connectivity index (χ1n) is 12.7. The van der Waals surface area contributed by atoms with Gasteiger partial charge in [-0.1, -0.05) is 30.0 Å². The molecule has 1 aromatic heterocycles. The molecule has 10 nitrogen and oxygen atoms in total. The number of phenols is 1. The fraction of sp³-hybridized carbons (Fsp3) is 0.241. The second kappa shape index (κ2) is 13.5. The van der Waals surface area contributed by atoms with E-state index in [0.29, 0.717) is 28.0 Å². The summed E-state index contributed by atoms with van der Waals surface area (Å²) in [5.41, 5.74) is 5.58. The number of anilines is 1. The van der Waals surface area contributed by atoms with Crippen LogP contribution in [0.2, 0.25) is 0 Å². The lowest BCUT2D eigenvalue weighted by atomic mass is 10.2. The minimum Gasteiger partial charge on any atom is -0.507 e. The molecule has 0 bridgehead atoms. The van der Waals surface area contributed by atoms with E-state index in [2.05, 4.69) is 39.5 Å². The zero-order chi connectivity index (χ0) is 28.5. The molecule has 0 aliphatic heterocycles. The Bertz CT molecular complexity index is 1470. The van der Waals surface area contributed by atoms with Gasteiger partial charge in [-0.15, -0.1) is 10.2 Å². The lowest BCUT2D eigenvalue weighted by Crippen LogP contribution is -2.21. The maximum absolute atomic E-state index is 12.6. The predicted octanol–water partition coefficient (Wildman–Crippen LogP) is 4.75. The van der Waals surface area contributed by atoms with Gasteiger partial charge in [-0.3, -0.25) is 9.36 Å². The van der Waals surface area contributed by atoms with Gasteiger partial charge in [-0.05, 0) is 56.3 Å². The molecule has 1 heterocycles. The van der Waals surface area contributed by atoms with Crippen LogP contribution in [0.15, 0.2) is 77.0 Å². The highest BCUT2D eigenvalue weighted by molar-refractivity contribution is 7.99. The van der Waals surface area contributed by atoms with Gasteiger partial charge in [0.2, 0.25) is 0 Å². The highest BCUT2D eigenvalue weighted by Gasteiger charge is 2.19. The number of hydrogen-bond acceptors (Lipinski definition) is 9. The quantitative estimate of drug-likeness (QED) is 0.145. The number of amides is 1. The van der Waals surface area contributed by atoms with Crippen molar-refractivity contribution < 1.29 is 19.4 Å². The maximum Gasteiger partial charge on any atom is 0.250 e. The number of hydrogen-bond donors (Lipinski definition) is 2. The van der Waals surface area contributed by atoms with Crippen molar-refractivity contribution in [3.8, 4) is 34.3 Å². The molecule has 0 saturated heterocycles. The van der Waals surface area contributed by atoms with Gasteiger partial charge >= 0.3 is 0 Å². The van der Waals surface area contributed by atoms with Crippen LogP contribution in [0.3, 0.4) is 0 Å². The summed E-state index contributed by atoms with van der Waals surface area (Å²) < 4.78 is 12.7. The van der Waals surface area contributed by atoms with Crippen molar-refractivity contribution in [2.45, 2.75) is 19.0 Å². The van der Waals surface area contributed by atoms with Crippen LogP contribution in [0, 0.1) is 0 Å². The number of rotatable bonds is 12. The third kappa shape index (κ3) is 6.55. The lowest BCUT2D eigenvalue weighted by Gasteiger charge is -2.21. The molecule has 0 aliphatic carbocycles. The van der Waals surface area contributed by atoms with Crippen LogP contribution in [0.1, 0.15) is 19.4 Å². The molecule has 208 valence electrons. The Balaban J connectivity index is 1.48. The third-order valence-electron chi connectivity index (χ3n) is 6.16. The molecule has 0 radical (unpaired) electrons. The molecule has 4 rings (SSSR count). The van der Waals surface area contributed by atoms with Crippen LogP contribution >= 0.6 is 11.8 Å². The number of benzene rings is 3. The highest BCUT2D eigenvalue weighted by atomic mass is 32.2. The number of aromatic nitrogens is 3. The molecular formula is C29H32N6O4S. The fourth-order valence-electron chi connectivity index (χ4n) is 4.10. The van der Waals surface area contributed by atoms with Gasteiger partial charge in [0.1, 0.15) is 5.75 Å². The van der Waals surface area contributed by atoms with Crippen LogP contribution in [-0.2, 0) is 4.79 Å². The van der Waals surface area contributed by atoms with Gasteiger partial charge in [0, 0.05) is 41.7 Å². The molecule has 2 N–H and O–H groups in total. The normalized spacial score (nSPS) is 11.0. The standard InChI is InChI=1S/C29H32N6O4S/c1-5-34(6-2)23-14-12-21(24(36)17-23)18-30-31-27(37)19-40-29-33-32-28(35(29)22-10-8-7-9-11-22)20-13-15-25(38-3)26(16-20)39-4/h7-18,36H,5-6,19H2,1-4H3,(H,31,37)/b30-18+. The Labute approximate surface area is 237 Å². The number of nitrogens with one attached hydrogen (secondary N) is 1. The minimum atomic E-state index is -0.323. The monoisotopic (exact) mass is 560 g/mol. The summed E-state index contributed by atoms with van der Waals surface area (Å²) in [7, 11) is 3.16. The molecule has 0 spiro atoms. The molecule has 4 aromatic rings. The van der Waals surface area contributed by atoms with E-state index < -0.39 is 0 Å². The van der Waals surface area contributed by atoms with Crippen molar-refractivity contribution in [1.82, 2.24) is 20.2 Å². The third-order valence-corrected chi connectivity index (χ3v) is 7.09. The molecule has 0 unspecified atom stereocenters. The molecule has 0 atom stereocenters. The first-order chi connectivity index (χ1) is 19.5.